The van der Waals surface area contributed by atoms with Crippen molar-refractivity contribution < 1.29 is 8.53 Å². The fourth-order valence-corrected chi connectivity index (χ4v) is 4.09. The predicted octanol–water partition coefficient (Wildman–Crippen LogP) is 7.70. The highest BCUT2D eigenvalue weighted by Crippen LogP contribution is 2.38. The summed E-state index contributed by atoms with van der Waals surface area (Å²) in [6.45, 7) is 4.14. The summed E-state index contributed by atoms with van der Waals surface area (Å²) in [5.41, 5.74) is 4.30. The van der Waals surface area contributed by atoms with Crippen LogP contribution < -0.4 is 0 Å². The summed E-state index contributed by atoms with van der Waals surface area (Å²) >= 11 is 0. The molecule has 0 bridgehead atoms. The predicted molar refractivity (Wildman–Crippen MR) is 122 cm³/mol. The smallest absolute Gasteiger partial charge is 0.144 e. The molecule has 0 saturated carbocycles. The molecule has 2 nitrogen and oxygen atoms in total. The molecule has 2 heterocycles. The van der Waals surface area contributed by atoms with E-state index in [4.69, 9.17) is 8.53 Å². The summed E-state index contributed by atoms with van der Waals surface area (Å²) in [5.74, 6) is 0. The molecule has 0 amide bonds. The van der Waals surface area contributed by atoms with Gasteiger partial charge in [0, 0.05) is 32.0 Å². The molecule has 0 saturated heterocycles. The van der Waals surface area contributed by atoms with Crippen molar-refractivity contribution in [2.45, 2.75) is 34.0 Å². The van der Waals surface area contributed by atoms with Gasteiger partial charge in [-0.05, 0) is 53.4 Å². The van der Waals surface area contributed by atoms with Gasteiger partial charge in [-0.1, -0.05) is 63.2 Å². The van der Waals surface area contributed by atoms with E-state index in [1.54, 1.807) is 0 Å². The molecule has 3 aromatic carbocycles. The van der Waals surface area contributed by atoms with Crippen molar-refractivity contribution in [1.29, 1.82) is 0 Å². The first-order chi connectivity index (χ1) is 15.1. The van der Waals surface area contributed by atoms with Gasteiger partial charge in [-0.25, -0.2) is 0 Å². The average molecular weight is 383 g/mol. The third kappa shape index (κ3) is 3.09. The molecule has 0 aliphatic rings. The van der Waals surface area contributed by atoms with E-state index in [9.17, 15) is 0 Å². The Morgan fingerprint density at radius 1 is 0.897 bits per heavy atom. The quantitative estimate of drug-likeness (QED) is 0.313. The summed E-state index contributed by atoms with van der Waals surface area (Å²) in [6.07, 6.45) is 2.16. The van der Waals surface area contributed by atoms with Crippen LogP contribution in [0.4, 0.5) is 0 Å². The second-order valence-electron chi connectivity index (χ2n) is 8.91. The van der Waals surface area contributed by atoms with Gasteiger partial charge in [0.05, 0.1) is 5.69 Å². The zero-order chi connectivity index (χ0) is 22.7. The number of rotatable bonds is 2. The lowest BCUT2D eigenvalue weighted by Gasteiger charge is -2.20. The van der Waals surface area contributed by atoms with Gasteiger partial charge in [-0.3, -0.25) is 4.98 Å². The summed E-state index contributed by atoms with van der Waals surface area (Å²) in [4.78, 5) is 4.57. The van der Waals surface area contributed by atoms with Crippen LogP contribution in [0.15, 0.2) is 71.3 Å². The Morgan fingerprint density at radius 3 is 2.52 bits per heavy atom. The zero-order valence-electron chi connectivity index (χ0n) is 19.9. The summed E-state index contributed by atoms with van der Waals surface area (Å²) in [7, 11) is 0. The number of fused-ring (bicyclic) bond motifs is 5. The third-order valence-corrected chi connectivity index (χ3v) is 5.38. The van der Waals surface area contributed by atoms with E-state index in [0.29, 0.717) is 12.0 Å². The van der Waals surface area contributed by atoms with E-state index >= 15 is 0 Å². The standard InChI is InChI=1S/C27H25NO/c1-17-16-28-24(14-19(17)15-27(2,3)4)23-11-7-10-21-22-13-12-18-8-5-6-9-20(18)25(22)29-26(21)23/h5-14,16H,15H2,1-4H3/i1D3. The van der Waals surface area contributed by atoms with Crippen LogP contribution in [0.25, 0.3) is 44.0 Å². The Kier molecular flexibility index (Phi) is 3.29. The largest absolute Gasteiger partial charge is 0.455 e. The van der Waals surface area contributed by atoms with E-state index in [0.717, 1.165) is 49.5 Å². The first-order valence-electron chi connectivity index (χ1n) is 11.4. The number of nitrogens with zero attached hydrogens (tertiary/aromatic N) is 1. The van der Waals surface area contributed by atoms with Gasteiger partial charge in [-0.15, -0.1) is 0 Å². The van der Waals surface area contributed by atoms with Crippen molar-refractivity contribution in [3.05, 3.63) is 78.0 Å². The lowest BCUT2D eigenvalue weighted by Crippen LogP contribution is -2.10. The highest BCUT2D eigenvalue weighted by atomic mass is 16.3. The van der Waals surface area contributed by atoms with Crippen LogP contribution in [0.5, 0.6) is 0 Å². The van der Waals surface area contributed by atoms with E-state index in [1.165, 1.54) is 6.20 Å². The van der Waals surface area contributed by atoms with E-state index in [1.807, 2.05) is 30.3 Å². The normalized spacial score (nSPS) is 14.2. The van der Waals surface area contributed by atoms with Crippen molar-refractivity contribution in [1.82, 2.24) is 4.98 Å². The second-order valence-corrected chi connectivity index (χ2v) is 8.91. The first-order valence-corrected chi connectivity index (χ1v) is 9.95. The molecule has 29 heavy (non-hydrogen) atoms. The lowest BCUT2D eigenvalue weighted by molar-refractivity contribution is 0.410. The third-order valence-electron chi connectivity index (χ3n) is 5.38. The molecule has 0 unspecified atom stereocenters. The molecule has 0 fully saturated rings. The summed E-state index contributed by atoms with van der Waals surface area (Å²) in [6, 6.07) is 20.4. The van der Waals surface area contributed by atoms with Crippen LogP contribution in [0.2, 0.25) is 0 Å². The van der Waals surface area contributed by atoms with Crippen LogP contribution in [-0.4, -0.2) is 4.98 Å². The number of furan rings is 1. The molecular formula is C27H25NO. The fraction of sp³-hybridized carbons (Fsp3) is 0.222. The van der Waals surface area contributed by atoms with Crippen molar-refractivity contribution in [3.8, 4) is 11.3 Å². The lowest BCUT2D eigenvalue weighted by atomic mass is 9.86. The topological polar surface area (TPSA) is 26.0 Å². The van der Waals surface area contributed by atoms with Crippen LogP contribution in [0.3, 0.4) is 0 Å². The van der Waals surface area contributed by atoms with Crippen molar-refractivity contribution in [3.63, 3.8) is 0 Å². The monoisotopic (exact) mass is 382 g/mol. The molecule has 0 aliphatic carbocycles. The number of hydrogen-bond donors (Lipinski definition) is 0. The van der Waals surface area contributed by atoms with Crippen LogP contribution in [0, 0.1) is 12.3 Å². The molecular weight excluding hydrogens is 354 g/mol. The molecule has 144 valence electrons. The maximum absolute atomic E-state index is 7.95. The van der Waals surface area contributed by atoms with Gasteiger partial charge in [0.25, 0.3) is 0 Å². The van der Waals surface area contributed by atoms with Crippen molar-refractivity contribution in [2.24, 2.45) is 5.41 Å². The number of aryl methyl sites for hydroxylation is 1. The van der Waals surface area contributed by atoms with Gasteiger partial charge in [0.1, 0.15) is 11.2 Å². The van der Waals surface area contributed by atoms with Gasteiger partial charge in [0.2, 0.25) is 0 Å². The molecule has 5 rings (SSSR count). The molecule has 2 heteroatoms. The number of para-hydroxylation sites is 1. The molecule has 0 N–H and O–H groups in total. The minimum absolute atomic E-state index is 0.0527. The van der Waals surface area contributed by atoms with E-state index in [-0.39, 0.29) is 5.41 Å². The van der Waals surface area contributed by atoms with Gasteiger partial charge < -0.3 is 4.42 Å². The Balaban J connectivity index is 1.76. The zero-order valence-corrected chi connectivity index (χ0v) is 16.9. The van der Waals surface area contributed by atoms with Crippen LogP contribution in [0.1, 0.15) is 36.0 Å². The average Bonchev–Trinajstić information content (AvgIpc) is 3.11. The Hall–Kier alpha value is -3.13. The Morgan fingerprint density at radius 2 is 1.69 bits per heavy atom. The maximum atomic E-state index is 7.95. The Labute approximate surface area is 175 Å². The number of benzene rings is 3. The number of pyridine rings is 1. The van der Waals surface area contributed by atoms with Crippen molar-refractivity contribution >= 4 is 32.7 Å². The molecule has 0 aliphatic heterocycles. The van der Waals surface area contributed by atoms with E-state index < -0.39 is 6.85 Å². The van der Waals surface area contributed by atoms with E-state index in [2.05, 4.69) is 56.1 Å². The molecule has 0 radical (unpaired) electrons. The van der Waals surface area contributed by atoms with Gasteiger partial charge in [-0.2, -0.15) is 0 Å². The van der Waals surface area contributed by atoms with Gasteiger partial charge in [0.15, 0.2) is 0 Å². The highest BCUT2D eigenvalue weighted by molar-refractivity contribution is 6.17. The number of hydrogen-bond acceptors (Lipinski definition) is 2. The van der Waals surface area contributed by atoms with Crippen LogP contribution in [-0.2, 0) is 6.42 Å². The summed E-state index contributed by atoms with van der Waals surface area (Å²) < 4.78 is 30.3. The SMILES string of the molecule is [2H]C([2H])([2H])c1cnc(-c2cccc3c2oc2c4ccccc4ccc32)cc1CC(C)(C)C. The molecule has 0 atom stereocenters. The maximum Gasteiger partial charge on any atom is 0.144 e. The Bertz CT molecular complexity index is 1470. The van der Waals surface area contributed by atoms with Crippen LogP contribution >= 0.6 is 0 Å². The minimum Gasteiger partial charge on any atom is -0.455 e. The molecule has 0 spiro atoms. The minimum atomic E-state index is -2.20. The van der Waals surface area contributed by atoms with Crippen molar-refractivity contribution in [2.75, 3.05) is 0 Å². The molecule has 5 aromatic rings. The second kappa shape index (κ2) is 6.45. The summed E-state index contributed by atoms with van der Waals surface area (Å²) in [5, 5.41) is 4.30. The highest BCUT2D eigenvalue weighted by Gasteiger charge is 2.17. The first kappa shape index (κ1) is 14.8. The number of aromatic nitrogens is 1. The molecule has 2 aromatic heterocycles. The fourth-order valence-electron chi connectivity index (χ4n) is 4.09. The van der Waals surface area contributed by atoms with Gasteiger partial charge >= 0.3 is 0 Å².